The molecule has 0 unspecified atom stereocenters. The molecule has 2 rings (SSSR count). The molecule has 0 amide bonds. The van der Waals surface area contributed by atoms with Gasteiger partial charge in [0.2, 0.25) is 10.0 Å². The normalized spacial score (nSPS) is 11.7. The molecule has 0 aliphatic carbocycles. The van der Waals surface area contributed by atoms with Crippen LogP contribution in [0.25, 0.3) is 0 Å². The third-order valence-electron chi connectivity index (χ3n) is 3.12. The van der Waals surface area contributed by atoms with Crippen LogP contribution >= 0.6 is 0 Å². The second-order valence-electron chi connectivity index (χ2n) is 5.41. The third kappa shape index (κ3) is 5.33. The second-order valence-corrected chi connectivity index (χ2v) is 7.18. The molecule has 0 atom stereocenters. The van der Waals surface area contributed by atoms with Crippen LogP contribution in [0.1, 0.15) is 19.4 Å². The van der Waals surface area contributed by atoms with Gasteiger partial charge in [-0.05, 0) is 62.2 Å². The monoisotopic (exact) mass is 337 g/mol. The van der Waals surface area contributed by atoms with Gasteiger partial charge in [-0.15, -0.1) is 0 Å². The highest BCUT2D eigenvalue weighted by Crippen LogP contribution is 2.17. The molecular weight excluding hydrogens is 317 g/mol. The maximum Gasteiger partial charge on any atom is 0.240 e. The van der Waals surface area contributed by atoms with Crippen molar-refractivity contribution in [2.45, 2.75) is 31.3 Å². The first-order chi connectivity index (χ1) is 10.9. The Morgan fingerprint density at radius 2 is 1.65 bits per heavy atom. The molecule has 0 saturated heterocycles. The molecule has 2 aromatic rings. The summed E-state index contributed by atoms with van der Waals surface area (Å²) in [6, 6.07) is 12.3. The fourth-order valence-electron chi connectivity index (χ4n) is 2.03. The number of ether oxygens (including phenoxy) is 1. The van der Waals surface area contributed by atoms with E-state index >= 15 is 0 Å². The van der Waals surface area contributed by atoms with Crippen molar-refractivity contribution in [1.29, 1.82) is 0 Å². The van der Waals surface area contributed by atoms with E-state index in [0.29, 0.717) is 12.2 Å². The molecule has 0 saturated carbocycles. The zero-order chi connectivity index (χ0) is 16.9. The molecule has 0 aromatic heterocycles. The maximum atomic E-state index is 12.8. The van der Waals surface area contributed by atoms with E-state index in [2.05, 4.69) is 4.72 Å². The van der Waals surface area contributed by atoms with Gasteiger partial charge in [0, 0.05) is 6.54 Å². The molecule has 0 bridgehead atoms. The largest absolute Gasteiger partial charge is 0.491 e. The summed E-state index contributed by atoms with van der Waals surface area (Å²) in [6.45, 7) is 4.06. The summed E-state index contributed by atoms with van der Waals surface area (Å²) < 4.78 is 45.2. The number of rotatable bonds is 7. The molecular formula is C17H20FNO3S. The van der Waals surface area contributed by atoms with Crippen molar-refractivity contribution >= 4 is 10.0 Å². The second kappa shape index (κ2) is 7.57. The van der Waals surface area contributed by atoms with Crippen LogP contribution in [0.2, 0.25) is 0 Å². The molecule has 124 valence electrons. The Morgan fingerprint density at radius 3 is 2.22 bits per heavy atom. The van der Waals surface area contributed by atoms with Crippen LogP contribution in [0.15, 0.2) is 53.4 Å². The highest BCUT2D eigenvalue weighted by molar-refractivity contribution is 7.89. The van der Waals surface area contributed by atoms with Crippen molar-refractivity contribution in [2.24, 2.45) is 0 Å². The quantitative estimate of drug-likeness (QED) is 0.844. The Labute approximate surface area is 136 Å². The number of benzene rings is 2. The standard InChI is InChI=1S/C17H20FNO3S/c1-13(2)22-16-7-9-17(10-8-16)23(20,21)19-12-11-14-3-5-15(18)6-4-14/h3-10,13,19H,11-12H2,1-2H3. The van der Waals surface area contributed by atoms with Gasteiger partial charge < -0.3 is 4.74 Å². The molecule has 6 heteroatoms. The molecule has 0 aliphatic rings. The van der Waals surface area contributed by atoms with E-state index in [1.165, 1.54) is 24.3 Å². The fourth-order valence-corrected chi connectivity index (χ4v) is 3.07. The predicted molar refractivity (Wildman–Crippen MR) is 87.5 cm³/mol. The smallest absolute Gasteiger partial charge is 0.240 e. The van der Waals surface area contributed by atoms with E-state index < -0.39 is 10.0 Å². The predicted octanol–water partition coefficient (Wildman–Crippen LogP) is 3.13. The van der Waals surface area contributed by atoms with E-state index in [1.807, 2.05) is 13.8 Å². The van der Waals surface area contributed by atoms with Gasteiger partial charge in [-0.25, -0.2) is 17.5 Å². The number of hydrogen-bond donors (Lipinski definition) is 1. The van der Waals surface area contributed by atoms with E-state index in [4.69, 9.17) is 4.74 Å². The lowest BCUT2D eigenvalue weighted by atomic mass is 10.1. The van der Waals surface area contributed by atoms with Gasteiger partial charge in [-0.1, -0.05) is 12.1 Å². The van der Waals surface area contributed by atoms with Crippen LogP contribution in [0, 0.1) is 5.82 Å². The average molecular weight is 337 g/mol. The van der Waals surface area contributed by atoms with Crippen LogP contribution < -0.4 is 9.46 Å². The topological polar surface area (TPSA) is 55.4 Å². The SMILES string of the molecule is CC(C)Oc1ccc(S(=O)(=O)NCCc2ccc(F)cc2)cc1. The van der Waals surface area contributed by atoms with Crippen molar-refractivity contribution in [3.63, 3.8) is 0 Å². The van der Waals surface area contributed by atoms with Gasteiger partial charge in [0.1, 0.15) is 11.6 Å². The highest BCUT2D eigenvalue weighted by Gasteiger charge is 2.13. The summed E-state index contributed by atoms with van der Waals surface area (Å²) in [5.41, 5.74) is 0.870. The van der Waals surface area contributed by atoms with Crippen LogP contribution in [-0.2, 0) is 16.4 Å². The summed E-state index contributed by atoms with van der Waals surface area (Å²) in [6.07, 6.45) is 0.528. The first-order valence-corrected chi connectivity index (χ1v) is 8.86. The molecule has 0 radical (unpaired) electrons. The number of nitrogens with one attached hydrogen (secondary N) is 1. The molecule has 0 spiro atoms. The zero-order valence-electron chi connectivity index (χ0n) is 13.1. The van der Waals surface area contributed by atoms with E-state index in [0.717, 1.165) is 5.56 Å². The summed E-state index contributed by atoms with van der Waals surface area (Å²) in [7, 11) is -3.56. The Hall–Kier alpha value is -1.92. The molecule has 4 nitrogen and oxygen atoms in total. The maximum absolute atomic E-state index is 12.8. The minimum absolute atomic E-state index is 0.0336. The molecule has 0 fully saturated rings. The van der Waals surface area contributed by atoms with E-state index in [1.54, 1.807) is 24.3 Å². The van der Waals surface area contributed by atoms with Crippen molar-refractivity contribution in [2.75, 3.05) is 6.54 Å². The summed E-state index contributed by atoms with van der Waals surface area (Å²) in [5, 5.41) is 0. The van der Waals surface area contributed by atoms with Crippen LogP contribution in [0.3, 0.4) is 0 Å². The molecule has 0 heterocycles. The lowest BCUT2D eigenvalue weighted by molar-refractivity contribution is 0.242. The Kier molecular flexibility index (Phi) is 5.74. The minimum Gasteiger partial charge on any atom is -0.491 e. The minimum atomic E-state index is -3.56. The van der Waals surface area contributed by atoms with Gasteiger partial charge in [-0.2, -0.15) is 0 Å². The van der Waals surface area contributed by atoms with Crippen molar-refractivity contribution in [3.05, 3.63) is 59.9 Å². The number of halogens is 1. The van der Waals surface area contributed by atoms with Gasteiger partial charge in [0.25, 0.3) is 0 Å². The molecule has 23 heavy (non-hydrogen) atoms. The summed E-state index contributed by atoms with van der Waals surface area (Å²) >= 11 is 0. The van der Waals surface area contributed by atoms with Crippen LogP contribution in [-0.4, -0.2) is 21.1 Å². The lowest BCUT2D eigenvalue weighted by Gasteiger charge is -2.11. The molecule has 2 aromatic carbocycles. The summed E-state index contributed by atoms with van der Waals surface area (Å²) in [4.78, 5) is 0.188. The van der Waals surface area contributed by atoms with Crippen molar-refractivity contribution in [1.82, 2.24) is 4.72 Å². The van der Waals surface area contributed by atoms with Gasteiger partial charge in [0.15, 0.2) is 0 Å². The van der Waals surface area contributed by atoms with Crippen LogP contribution in [0.5, 0.6) is 5.75 Å². The van der Waals surface area contributed by atoms with Crippen LogP contribution in [0.4, 0.5) is 4.39 Å². The zero-order valence-corrected chi connectivity index (χ0v) is 13.9. The van der Waals surface area contributed by atoms with Gasteiger partial charge in [0.05, 0.1) is 11.0 Å². The fraction of sp³-hybridized carbons (Fsp3) is 0.294. The Morgan fingerprint density at radius 1 is 1.04 bits per heavy atom. The van der Waals surface area contributed by atoms with E-state index in [9.17, 15) is 12.8 Å². The third-order valence-corrected chi connectivity index (χ3v) is 4.60. The van der Waals surface area contributed by atoms with Gasteiger partial charge in [-0.3, -0.25) is 0 Å². The summed E-state index contributed by atoms with van der Waals surface area (Å²) in [5.74, 6) is 0.322. The first kappa shape index (κ1) is 17.4. The Balaban J connectivity index is 1.94. The van der Waals surface area contributed by atoms with E-state index in [-0.39, 0.29) is 23.4 Å². The lowest BCUT2D eigenvalue weighted by Crippen LogP contribution is -2.26. The van der Waals surface area contributed by atoms with Crippen molar-refractivity contribution in [3.8, 4) is 5.75 Å². The van der Waals surface area contributed by atoms with Gasteiger partial charge >= 0.3 is 0 Å². The highest BCUT2D eigenvalue weighted by atomic mass is 32.2. The number of hydrogen-bond acceptors (Lipinski definition) is 3. The number of sulfonamides is 1. The Bertz CT molecular complexity index is 725. The molecule has 0 aliphatic heterocycles. The molecule has 1 N–H and O–H groups in total. The van der Waals surface area contributed by atoms with Crippen molar-refractivity contribution < 1.29 is 17.5 Å². The first-order valence-electron chi connectivity index (χ1n) is 7.37. The average Bonchev–Trinajstić information content (AvgIpc) is 2.49.